The van der Waals surface area contributed by atoms with Gasteiger partial charge in [-0.25, -0.2) is 0 Å². The van der Waals surface area contributed by atoms with E-state index < -0.39 is 0 Å². The summed E-state index contributed by atoms with van der Waals surface area (Å²) in [5.74, 6) is -0.329. The maximum absolute atomic E-state index is 12.4. The lowest BCUT2D eigenvalue weighted by Gasteiger charge is -2.26. The van der Waals surface area contributed by atoms with Crippen molar-refractivity contribution in [3.8, 4) is 0 Å². The zero-order valence-corrected chi connectivity index (χ0v) is 19.7. The van der Waals surface area contributed by atoms with Gasteiger partial charge in [-0.05, 0) is 25.0 Å². The molecule has 0 radical (unpaired) electrons. The molecular formula is C25H31N5O5. The quantitative estimate of drug-likeness (QED) is 0.631. The van der Waals surface area contributed by atoms with Crippen molar-refractivity contribution in [1.29, 1.82) is 0 Å². The average molecular weight is 482 g/mol. The molecule has 0 aromatic heterocycles. The zero-order chi connectivity index (χ0) is 23.4. The molecule has 3 aliphatic rings. The van der Waals surface area contributed by atoms with Crippen molar-refractivity contribution >= 4 is 41.0 Å². The molecule has 1 saturated carbocycles. The molecule has 3 amide bonds. The molecule has 1 fully saturated rings. The third kappa shape index (κ3) is 5.97. The number of hydrogen-bond acceptors (Lipinski definition) is 5. The van der Waals surface area contributed by atoms with Crippen molar-refractivity contribution in [2.75, 3.05) is 24.7 Å². The maximum Gasteiger partial charge on any atom is 0.274 e. The number of aliphatic imine (C=N–C) groups is 2. The molecule has 1 aliphatic carbocycles. The summed E-state index contributed by atoms with van der Waals surface area (Å²) >= 11 is 0. The SMILES string of the molecule is CN(C)C=O.O.O.O=C1Nc2ccccc2C1=N[C@@H]1CCCC[C@H]1N=C1C(=O)Nc2ccccc21. The molecular weight excluding hydrogens is 450 g/mol. The topological polar surface area (TPSA) is 166 Å². The molecule has 2 atom stereocenters. The van der Waals surface area contributed by atoms with Gasteiger partial charge in [-0.3, -0.25) is 24.4 Å². The van der Waals surface area contributed by atoms with E-state index in [1.165, 1.54) is 4.90 Å². The number of carbonyl (C=O) groups is 3. The molecule has 0 unspecified atom stereocenters. The highest BCUT2D eigenvalue weighted by Crippen LogP contribution is 2.30. The van der Waals surface area contributed by atoms with E-state index >= 15 is 0 Å². The summed E-state index contributed by atoms with van der Waals surface area (Å²) in [5.41, 5.74) is 4.23. The second-order valence-corrected chi connectivity index (χ2v) is 8.44. The fourth-order valence-corrected chi connectivity index (χ4v) is 4.19. The number of rotatable bonds is 3. The summed E-state index contributed by atoms with van der Waals surface area (Å²) in [7, 11) is 3.38. The lowest BCUT2D eigenvalue weighted by Crippen LogP contribution is -2.31. The first-order valence-corrected chi connectivity index (χ1v) is 11.1. The third-order valence-corrected chi connectivity index (χ3v) is 5.79. The van der Waals surface area contributed by atoms with Crippen LogP contribution in [0.2, 0.25) is 0 Å². The van der Waals surface area contributed by atoms with E-state index in [-0.39, 0.29) is 34.9 Å². The van der Waals surface area contributed by atoms with Gasteiger partial charge in [0.2, 0.25) is 6.41 Å². The van der Waals surface area contributed by atoms with Gasteiger partial charge in [0.15, 0.2) is 0 Å². The number of anilines is 2. The summed E-state index contributed by atoms with van der Waals surface area (Å²) in [6.45, 7) is 0. The number of fused-ring (bicyclic) bond motifs is 2. The fourth-order valence-electron chi connectivity index (χ4n) is 4.19. The lowest BCUT2D eigenvalue weighted by molar-refractivity contribution is -0.116. The van der Waals surface area contributed by atoms with Crippen molar-refractivity contribution in [2.24, 2.45) is 9.98 Å². The first-order chi connectivity index (χ1) is 16.0. The molecule has 0 saturated heterocycles. The van der Waals surface area contributed by atoms with Crippen molar-refractivity contribution in [1.82, 2.24) is 4.90 Å². The highest BCUT2D eigenvalue weighted by atomic mass is 16.2. The second-order valence-electron chi connectivity index (χ2n) is 8.44. The summed E-state index contributed by atoms with van der Waals surface area (Å²) in [6, 6.07) is 15.0. The van der Waals surface area contributed by atoms with Crippen LogP contribution < -0.4 is 10.6 Å². The predicted molar refractivity (Wildman–Crippen MR) is 136 cm³/mol. The summed E-state index contributed by atoms with van der Waals surface area (Å²) in [5, 5.41) is 5.75. The van der Waals surface area contributed by atoms with Crippen LogP contribution in [0.4, 0.5) is 11.4 Å². The Morgan fingerprint density at radius 1 is 0.771 bits per heavy atom. The standard InChI is InChI=1S/C22H20N4O2.C3H7NO.2H2O/c27-21-19(13-7-1-3-9-15(13)25-21)23-17-11-5-6-12-18(17)24-20-14-8-2-4-10-16(14)26-22(20)28;1-4(2)3-5;;/h1-4,7-10,17-18H,5-6,11-12H2,(H,23,25,27)(H,24,26,28);3H,1-2H3;2*1H2/t17-,18-;;;/m1.../s1. The first-order valence-electron chi connectivity index (χ1n) is 11.1. The van der Waals surface area contributed by atoms with E-state index in [9.17, 15) is 14.4 Å². The van der Waals surface area contributed by atoms with Crippen LogP contribution in [0, 0.1) is 0 Å². The highest BCUT2D eigenvalue weighted by Gasteiger charge is 2.32. The van der Waals surface area contributed by atoms with E-state index in [0.717, 1.165) is 54.6 Å². The van der Waals surface area contributed by atoms with Crippen LogP contribution in [-0.2, 0) is 14.4 Å². The number of hydrogen-bond donors (Lipinski definition) is 2. The van der Waals surface area contributed by atoms with Gasteiger partial charge < -0.3 is 26.5 Å². The molecule has 2 aliphatic heterocycles. The minimum absolute atomic E-state index is 0. The Bertz CT molecular complexity index is 1060. The van der Waals surface area contributed by atoms with Gasteiger partial charge in [0.05, 0.1) is 23.5 Å². The van der Waals surface area contributed by atoms with E-state index in [0.29, 0.717) is 11.4 Å². The molecule has 6 N–H and O–H groups in total. The lowest BCUT2D eigenvalue weighted by atomic mass is 9.90. The van der Waals surface area contributed by atoms with Gasteiger partial charge in [0.1, 0.15) is 11.4 Å². The van der Waals surface area contributed by atoms with E-state index in [4.69, 9.17) is 9.98 Å². The minimum atomic E-state index is -0.165. The Balaban J connectivity index is 0.000000565. The second kappa shape index (κ2) is 12.0. The van der Waals surface area contributed by atoms with E-state index in [1.54, 1.807) is 14.1 Å². The highest BCUT2D eigenvalue weighted by molar-refractivity contribution is 6.54. The molecule has 10 nitrogen and oxygen atoms in total. The Morgan fingerprint density at radius 2 is 1.14 bits per heavy atom. The normalized spacial score (nSPS) is 21.9. The van der Waals surface area contributed by atoms with Gasteiger partial charge in [-0.1, -0.05) is 49.2 Å². The van der Waals surface area contributed by atoms with Crippen molar-refractivity contribution in [3.05, 3.63) is 59.7 Å². The van der Waals surface area contributed by atoms with Gasteiger partial charge in [0, 0.05) is 25.2 Å². The molecule has 35 heavy (non-hydrogen) atoms. The molecule has 5 rings (SSSR count). The fraction of sp³-hybridized carbons (Fsp3) is 0.320. The van der Waals surface area contributed by atoms with Crippen LogP contribution >= 0.6 is 0 Å². The number of benzene rings is 2. The minimum Gasteiger partial charge on any atom is -0.412 e. The van der Waals surface area contributed by atoms with Crippen molar-refractivity contribution in [2.45, 2.75) is 37.8 Å². The zero-order valence-electron chi connectivity index (χ0n) is 19.7. The molecule has 186 valence electrons. The largest absolute Gasteiger partial charge is 0.412 e. The number of para-hydroxylation sites is 2. The predicted octanol–water partition coefficient (Wildman–Crippen LogP) is 1.24. The Morgan fingerprint density at radius 3 is 1.51 bits per heavy atom. The van der Waals surface area contributed by atoms with Gasteiger partial charge in [0.25, 0.3) is 11.8 Å². The van der Waals surface area contributed by atoms with Crippen LogP contribution in [0.3, 0.4) is 0 Å². The first kappa shape index (κ1) is 27.4. The van der Waals surface area contributed by atoms with Crippen molar-refractivity contribution in [3.63, 3.8) is 0 Å². The maximum atomic E-state index is 12.4. The van der Waals surface area contributed by atoms with Gasteiger partial charge >= 0.3 is 0 Å². The summed E-state index contributed by atoms with van der Waals surface area (Å²) < 4.78 is 0. The summed E-state index contributed by atoms with van der Waals surface area (Å²) in [6.07, 6.45) is 4.58. The molecule has 0 bridgehead atoms. The van der Waals surface area contributed by atoms with Gasteiger partial charge in [-0.15, -0.1) is 0 Å². The molecule has 0 spiro atoms. The van der Waals surface area contributed by atoms with Crippen LogP contribution in [0.1, 0.15) is 36.8 Å². The number of carbonyl (C=O) groups excluding carboxylic acids is 3. The molecule has 2 aromatic carbocycles. The van der Waals surface area contributed by atoms with Gasteiger partial charge in [-0.2, -0.15) is 0 Å². The number of nitrogens with zero attached hydrogens (tertiary/aromatic N) is 3. The monoisotopic (exact) mass is 481 g/mol. The van der Waals surface area contributed by atoms with Crippen LogP contribution in [-0.4, -0.2) is 71.7 Å². The molecule has 2 heterocycles. The number of amides is 3. The average Bonchev–Trinajstić information content (AvgIpc) is 3.31. The smallest absolute Gasteiger partial charge is 0.274 e. The summed E-state index contributed by atoms with van der Waals surface area (Å²) in [4.78, 5) is 45.4. The van der Waals surface area contributed by atoms with Crippen molar-refractivity contribution < 1.29 is 25.3 Å². The van der Waals surface area contributed by atoms with E-state index in [1.807, 2.05) is 48.5 Å². The molecule has 2 aromatic rings. The number of nitrogens with one attached hydrogen (secondary N) is 2. The van der Waals surface area contributed by atoms with Crippen LogP contribution in [0.25, 0.3) is 0 Å². The van der Waals surface area contributed by atoms with Crippen LogP contribution in [0.15, 0.2) is 58.5 Å². The third-order valence-electron chi connectivity index (χ3n) is 5.79. The van der Waals surface area contributed by atoms with E-state index in [2.05, 4.69) is 10.6 Å². The Hall–Kier alpha value is -3.89. The Kier molecular flexibility index (Phi) is 9.38. The molecule has 10 heteroatoms. The van der Waals surface area contributed by atoms with Crippen LogP contribution in [0.5, 0.6) is 0 Å². The Labute approximate surface area is 203 Å².